The maximum Gasteiger partial charge on any atom is 0.326 e. The SMILES string of the molecule is Cc1cc(C(=O)NC(C(=O)O)C(C)C)ccc1Br. The summed E-state index contributed by atoms with van der Waals surface area (Å²) in [6, 6.07) is 4.28. The zero-order chi connectivity index (χ0) is 13.9. The monoisotopic (exact) mass is 313 g/mol. The van der Waals surface area contributed by atoms with Gasteiger partial charge in [-0.3, -0.25) is 4.79 Å². The molecule has 1 aromatic rings. The molecule has 5 heteroatoms. The molecule has 0 saturated carbocycles. The average Bonchev–Trinajstić information content (AvgIpc) is 2.28. The Hall–Kier alpha value is -1.36. The highest BCUT2D eigenvalue weighted by Crippen LogP contribution is 2.17. The number of aliphatic carboxylic acids is 1. The van der Waals surface area contributed by atoms with E-state index in [1.807, 2.05) is 6.92 Å². The summed E-state index contributed by atoms with van der Waals surface area (Å²) in [5.41, 5.74) is 1.39. The van der Waals surface area contributed by atoms with Crippen molar-refractivity contribution in [2.75, 3.05) is 0 Å². The van der Waals surface area contributed by atoms with Crippen LogP contribution >= 0.6 is 15.9 Å². The zero-order valence-corrected chi connectivity index (χ0v) is 12.1. The molecule has 1 amide bonds. The van der Waals surface area contributed by atoms with E-state index in [9.17, 15) is 9.59 Å². The number of aryl methyl sites for hydroxylation is 1. The van der Waals surface area contributed by atoms with Crippen LogP contribution in [0.4, 0.5) is 0 Å². The number of amides is 1. The van der Waals surface area contributed by atoms with E-state index < -0.39 is 12.0 Å². The first-order valence-corrected chi connectivity index (χ1v) is 6.42. The minimum absolute atomic E-state index is 0.164. The van der Waals surface area contributed by atoms with Gasteiger partial charge in [-0.05, 0) is 36.6 Å². The van der Waals surface area contributed by atoms with Gasteiger partial charge in [0.1, 0.15) is 6.04 Å². The van der Waals surface area contributed by atoms with E-state index in [0.29, 0.717) is 5.56 Å². The molecule has 0 saturated heterocycles. The van der Waals surface area contributed by atoms with Crippen LogP contribution in [0.15, 0.2) is 22.7 Å². The lowest BCUT2D eigenvalue weighted by Crippen LogP contribution is -2.44. The minimum Gasteiger partial charge on any atom is -0.480 e. The number of carboxylic acids is 1. The van der Waals surface area contributed by atoms with Crippen molar-refractivity contribution in [2.24, 2.45) is 5.92 Å². The number of nitrogens with one attached hydrogen (secondary N) is 1. The Labute approximate surface area is 115 Å². The fourth-order valence-electron chi connectivity index (χ4n) is 1.52. The zero-order valence-electron chi connectivity index (χ0n) is 10.5. The van der Waals surface area contributed by atoms with Crippen LogP contribution < -0.4 is 5.32 Å². The molecule has 1 atom stereocenters. The second kappa shape index (κ2) is 6.00. The van der Waals surface area contributed by atoms with Crippen LogP contribution in [0, 0.1) is 12.8 Å². The van der Waals surface area contributed by atoms with Crippen LogP contribution in [0.5, 0.6) is 0 Å². The number of rotatable bonds is 4. The number of carbonyl (C=O) groups excluding carboxylic acids is 1. The molecule has 0 aliphatic rings. The fraction of sp³-hybridized carbons (Fsp3) is 0.385. The number of benzene rings is 1. The molecule has 0 radical (unpaired) electrons. The molecule has 2 N–H and O–H groups in total. The Bertz CT molecular complexity index is 471. The third kappa shape index (κ3) is 3.57. The van der Waals surface area contributed by atoms with E-state index in [2.05, 4.69) is 21.2 Å². The summed E-state index contributed by atoms with van der Waals surface area (Å²) in [5, 5.41) is 11.5. The highest BCUT2D eigenvalue weighted by Gasteiger charge is 2.23. The average molecular weight is 314 g/mol. The van der Waals surface area contributed by atoms with Crippen molar-refractivity contribution in [3.05, 3.63) is 33.8 Å². The van der Waals surface area contributed by atoms with Crippen molar-refractivity contribution >= 4 is 27.8 Å². The van der Waals surface area contributed by atoms with Gasteiger partial charge in [0.15, 0.2) is 0 Å². The summed E-state index contributed by atoms with van der Waals surface area (Å²) in [6.45, 7) is 5.38. The molecule has 1 unspecified atom stereocenters. The summed E-state index contributed by atoms with van der Waals surface area (Å²) in [6.07, 6.45) is 0. The van der Waals surface area contributed by atoms with Crippen LogP contribution in [-0.2, 0) is 4.79 Å². The molecule has 4 nitrogen and oxygen atoms in total. The van der Waals surface area contributed by atoms with Crippen LogP contribution in [-0.4, -0.2) is 23.0 Å². The normalized spacial score (nSPS) is 12.3. The lowest BCUT2D eigenvalue weighted by Gasteiger charge is -2.18. The van der Waals surface area contributed by atoms with Crippen LogP contribution in [0.1, 0.15) is 29.8 Å². The largest absolute Gasteiger partial charge is 0.480 e. The van der Waals surface area contributed by atoms with Crippen molar-refractivity contribution < 1.29 is 14.7 Å². The van der Waals surface area contributed by atoms with Gasteiger partial charge in [-0.2, -0.15) is 0 Å². The molecule has 0 fully saturated rings. The first-order chi connectivity index (χ1) is 8.32. The Morgan fingerprint density at radius 2 is 1.94 bits per heavy atom. The Morgan fingerprint density at radius 3 is 2.39 bits per heavy atom. The maximum atomic E-state index is 11.9. The van der Waals surface area contributed by atoms with Gasteiger partial charge in [-0.25, -0.2) is 4.79 Å². The Morgan fingerprint density at radius 1 is 1.33 bits per heavy atom. The van der Waals surface area contributed by atoms with Gasteiger partial charge in [0.05, 0.1) is 0 Å². The molecule has 0 aromatic heterocycles. The summed E-state index contributed by atoms with van der Waals surface area (Å²) in [5.74, 6) is -1.55. The summed E-state index contributed by atoms with van der Waals surface area (Å²) in [4.78, 5) is 22.9. The number of halogens is 1. The fourth-order valence-corrected chi connectivity index (χ4v) is 1.77. The molecule has 1 aromatic carbocycles. The molecule has 0 spiro atoms. The maximum absolute atomic E-state index is 11.9. The molecular weight excluding hydrogens is 298 g/mol. The third-order valence-corrected chi connectivity index (χ3v) is 3.53. The van der Waals surface area contributed by atoms with Crippen molar-refractivity contribution in [2.45, 2.75) is 26.8 Å². The van der Waals surface area contributed by atoms with Gasteiger partial charge in [0.2, 0.25) is 0 Å². The number of hydrogen-bond donors (Lipinski definition) is 2. The van der Waals surface area contributed by atoms with Gasteiger partial charge in [-0.15, -0.1) is 0 Å². The van der Waals surface area contributed by atoms with Crippen molar-refractivity contribution in [1.82, 2.24) is 5.32 Å². The number of hydrogen-bond acceptors (Lipinski definition) is 2. The van der Waals surface area contributed by atoms with Crippen molar-refractivity contribution in [1.29, 1.82) is 0 Å². The second-order valence-corrected chi connectivity index (χ2v) is 5.35. The Kier molecular flexibility index (Phi) is 4.90. The summed E-state index contributed by atoms with van der Waals surface area (Å²) >= 11 is 3.35. The van der Waals surface area contributed by atoms with Gasteiger partial charge >= 0.3 is 5.97 Å². The number of carbonyl (C=O) groups is 2. The van der Waals surface area contributed by atoms with Crippen molar-refractivity contribution in [3.63, 3.8) is 0 Å². The van der Waals surface area contributed by atoms with Crippen molar-refractivity contribution in [3.8, 4) is 0 Å². The Balaban J connectivity index is 2.87. The van der Waals surface area contributed by atoms with Gasteiger partial charge in [-0.1, -0.05) is 29.8 Å². The molecule has 0 aliphatic heterocycles. The van der Waals surface area contributed by atoms with E-state index in [4.69, 9.17) is 5.11 Å². The third-order valence-electron chi connectivity index (χ3n) is 2.64. The minimum atomic E-state index is -1.02. The molecule has 98 valence electrons. The summed E-state index contributed by atoms with van der Waals surface area (Å²) < 4.78 is 0.915. The molecule has 18 heavy (non-hydrogen) atoms. The van der Waals surface area contributed by atoms with Gasteiger partial charge in [0, 0.05) is 10.0 Å². The predicted octanol–water partition coefficient (Wildman–Crippen LogP) is 2.60. The first-order valence-electron chi connectivity index (χ1n) is 5.62. The lowest BCUT2D eigenvalue weighted by atomic mass is 10.0. The second-order valence-electron chi connectivity index (χ2n) is 4.50. The molecule has 0 aliphatic carbocycles. The van der Waals surface area contributed by atoms with Crippen LogP contribution in [0.25, 0.3) is 0 Å². The van der Waals surface area contributed by atoms with E-state index in [0.717, 1.165) is 10.0 Å². The van der Waals surface area contributed by atoms with Crippen LogP contribution in [0.2, 0.25) is 0 Å². The quantitative estimate of drug-likeness (QED) is 0.898. The summed E-state index contributed by atoms with van der Waals surface area (Å²) in [7, 11) is 0. The highest BCUT2D eigenvalue weighted by atomic mass is 79.9. The van der Waals surface area contributed by atoms with E-state index in [-0.39, 0.29) is 11.8 Å². The lowest BCUT2D eigenvalue weighted by molar-refractivity contribution is -0.140. The van der Waals surface area contributed by atoms with Gasteiger partial charge in [0.25, 0.3) is 5.91 Å². The van der Waals surface area contributed by atoms with Gasteiger partial charge < -0.3 is 10.4 Å². The topological polar surface area (TPSA) is 66.4 Å². The predicted molar refractivity (Wildman–Crippen MR) is 72.6 cm³/mol. The molecule has 1 rings (SSSR count). The van der Waals surface area contributed by atoms with E-state index in [1.54, 1.807) is 32.0 Å². The van der Waals surface area contributed by atoms with E-state index >= 15 is 0 Å². The standard InChI is InChI=1S/C13H16BrNO3/c1-7(2)11(13(17)18)15-12(16)9-4-5-10(14)8(3)6-9/h4-7,11H,1-3H3,(H,15,16)(H,17,18). The highest BCUT2D eigenvalue weighted by molar-refractivity contribution is 9.10. The van der Waals surface area contributed by atoms with Crippen LogP contribution in [0.3, 0.4) is 0 Å². The number of carboxylic acid groups (broad SMARTS) is 1. The molecule has 0 heterocycles. The first kappa shape index (κ1) is 14.7. The molecular formula is C13H16BrNO3. The smallest absolute Gasteiger partial charge is 0.326 e. The van der Waals surface area contributed by atoms with E-state index in [1.165, 1.54) is 0 Å². The molecule has 0 bridgehead atoms.